The van der Waals surface area contributed by atoms with Gasteiger partial charge in [-0.2, -0.15) is 0 Å². The summed E-state index contributed by atoms with van der Waals surface area (Å²) in [4.78, 5) is 24.7. The second-order valence-corrected chi connectivity index (χ2v) is 4.61. The summed E-state index contributed by atoms with van der Waals surface area (Å²) >= 11 is 0. The number of carbonyl (C=O) groups is 1. The number of rotatable bonds is 4. The van der Waals surface area contributed by atoms with E-state index in [1.165, 1.54) is 6.20 Å². The first kappa shape index (κ1) is 14.1. The van der Waals surface area contributed by atoms with Crippen molar-refractivity contribution in [2.45, 2.75) is 26.7 Å². The van der Waals surface area contributed by atoms with Crippen LogP contribution in [0.5, 0.6) is 0 Å². The Balaban J connectivity index is 2.45. The molecule has 104 valence electrons. The zero-order chi connectivity index (χ0) is 14.5. The van der Waals surface area contributed by atoms with Gasteiger partial charge in [0.15, 0.2) is 5.82 Å². The molecule has 2 heterocycles. The van der Waals surface area contributed by atoms with Gasteiger partial charge in [-0.15, -0.1) is 0 Å². The molecule has 0 radical (unpaired) electrons. The van der Waals surface area contributed by atoms with Gasteiger partial charge in [0, 0.05) is 24.2 Å². The molecule has 2 rings (SSSR count). The van der Waals surface area contributed by atoms with Crippen LogP contribution in [0.15, 0.2) is 30.7 Å². The van der Waals surface area contributed by atoms with Crippen molar-refractivity contribution in [2.24, 2.45) is 0 Å². The third kappa shape index (κ3) is 2.99. The maximum absolute atomic E-state index is 11.9. The fraction of sp³-hybridized carbons (Fsp3) is 0.333. The largest absolute Gasteiger partial charge is 0.462 e. The van der Waals surface area contributed by atoms with Crippen LogP contribution in [0, 0.1) is 0 Å². The van der Waals surface area contributed by atoms with Crippen molar-refractivity contribution in [1.29, 1.82) is 0 Å². The van der Waals surface area contributed by atoms with Crippen molar-refractivity contribution >= 4 is 5.97 Å². The standard InChI is InChI=1S/C15H17N3O2/c1-4-20-15(19)12-9-17-14(18-13(12)10(2)3)11-6-5-7-16-8-11/h5-10H,4H2,1-3H3. The minimum atomic E-state index is -0.381. The summed E-state index contributed by atoms with van der Waals surface area (Å²) in [5, 5.41) is 0. The second-order valence-electron chi connectivity index (χ2n) is 4.61. The first-order valence-corrected chi connectivity index (χ1v) is 6.58. The van der Waals surface area contributed by atoms with Crippen LogP contribution < -0.4 is 0 Å². The summed E-state index contributed by atoms with van der Waals surface area (Å²) < 4.78 is 5.03. The smallest absolute Gasteiger partial charge is 0.341 e. The van der Waals surface area contributed by atoms with Crippen molar-refractivity contribution in [1.82, 2.24) is 15.0 Å². The fourth-order valence-corrected chi connectivity index (χ4v) is 1.84. The number of aromatic nitrogens is 3. The molecule has 0 fully saturated rings. The van der Waals surface area contributed by atoms with E-state index in [-0.39, 0.29) is 11.9 Å². The first-order valence-electron chi connectivity index (χ1n) is 6.58. The molecule has 5 nitrogen and oxygen atoms in total. The number of hydrogen-bond donors (Lipinski definition) is 0. The van der Waals surface area contributed by atoms with E-state index < -0.39 is 0 Å². The molecule has 0 aliphatic heterocycles. The van der Waals surface area contributed by atoms with Crippen molar-refractivity contribution in [2.75, 3.05) is 6.61 Å². The summed E-state index contributed by atoms with van der Waals surface area (Å²) in [6.45, 7) is 6.08. The molecule has 0 N–H and O–H groups in total. The molecule has 0 aromatic carbocycles. The maximum atomic E-state index is 11.9. The van der Waals surface area contributed by atoms with Crippen molar-refractivity contribution in [3.63, 3.8) is 0 Å². The average Bonchev–Trinajstić information content (AvgIpc) is 2.47. The number of ether oxygens (including phenoxy) is 1. The minimum absolute atomic E-state index is 0.104. The molecule has 0 aliphatic carbocycles. The average molecular weight is 271 g/mol. The van der Waals surface area contributed by atoms with Gasteiger partial charge < -0.3 is 4.74 Å². The van der Waals surface area contributed by atoms with Crippen LogP contribution in [0.4, 0.5) is 0 Å². The first-order chi connectivity index (χ1) is 9.63. The van der Waals surface area contributed by atoms with Crippen molar-refractivity contribution < 1.29 is 9.53 Å². The van der Waals surface area contributed by atoms with Gasteiger partial charge >= 0.3 is 5.97 Å². The summed E-state index contributed by atoms with van der Waals surface area (Å²) in [5.41, 5.74) is 1.94. The highest BCUT2D eigenvalue weighted by molar-refractivity contribution is 5.90. The Morgan fingerprint density at radius 2 is 2.15 bits per heavy atom. The van der Waals surface area contributed by atoms with Gasteiger partial charge in [-0.1, -0.05) is 13.8 Å². The molecule has 0 unspecified atom stereocenters. The molecular formula is C15H17N3O2. The SMILES string of the molecule is CCOC(=O)c1cnc(-c2cccnc2)nc1C(C)C. The van der Waals surface area contributed by atoms with Gasteiger partial charge in [0.2, 0.25) is 0 Å². The molecule has 0 saturated heterocycles. The number of esters is 1. The zero-order valence-electron chi connectivity index (χ0n) is 11.8. The van der Waals surface area contributed by atoms with Crippen LogP contribution in [0.2, 0.25) is 0 Å². The van der Waals surface area contributed by atoms with E-state index in [0.29, 0.717) is 23.7 Å². The van der Waals surface area contributed by atoms with Crippen LogP contribution in [-0.4, -0.2) is 27.5 Å². The molecule has 0 atom stereocenters. The third-order valence-electron chi connectivity index (χ3n) is 2.78. The molecule has 5 heteroatoms. The highest BCUT2D eigenvalue weighted by Crippen LogP contribution is 2.21. The Hall–Kier alpha value is -2.30. The summed E-state index contributed by atoms with van der Waals surface area (Å²) in [6.07, 6.45) is 4.92. The van der Waals surface area contributed by atoms with E-state index in [1.54, 1.807) is 19.3 Å². The van der Waals surface area contributed by atoms with E-state index in [2.05, 4.69) is 15.0 Å². The number of nitrogens with zero attached hydrogens (tertiary/aromatic N) is 3. The molecule has 2 aromatic heterocycles. The van der Waals surface area contributed by atoms with Crippen LogP contribution in [-0.2, 0) is 4.74 Å². The lowest BCUT2D eigenvalue weighted by Gasteiger charge is -2.12. The second kappa shape index (κ2) is 6.23. The third-order valence-corrected chi connectivity index (χ3v) is 2.78. The monoisotopic (exact) mass is 271 g/mol. The quantitative estimate of drug-likeness (QED) is 0.800. The van der Waals surface area contributed by atoms with Gasteiger partial charge in [-0.25, -0.2) is 14.8 Å². The number of hydrogen-bond acceptors (Lipinski definition) is 5. The molecule has 20 heavy (non-hydrogen) atoms. The van der Waals surface area contributed by atoms with Gasteiger partial charge in [0.1, 0.15) is 0 Å². The minimum Gasteiger partial charge on any atom is -0.462 e. The highest BCUT2D eigenvalue weighted by atomic mass is 16.5. The van der Waals surface area contributed by atoms with Crippen molar-refractivity contribution in [3.05, 3.63) is 42.0 Å². The van der Waals surface area contributed by atoms with Gasteiger partial charge in [0.05, 0.1) is 17.9 Å². The lowest BCUT2D eigenvalue weighted by Crippen LogP contribution is -2.12. The molecular weight excluding hydrogens is 254 g/mol. The van der Waals surface area contributed by atoms with Gasteiger partial charge in [-0.3, -0.25) is 4.98 Å². The maximum Gasteiger partial charge on any atom is 0.341 e. The fourth-order valence-electron chi connectivity index (χ4n) is 1.84. The van der Waals surface area contributed by atoms with E-state index in [0.717, 1.165) is 5.56 Å². The Morgan fingerprint density at radius 3 is 2.75 bits per heavy atom. The summed E-state index contributed by atoms with van der Waals surface area (Å²) in [6, 6.07) is 3.71. The highest BCUT2D eigenvalue weighted by Gasteiger charge is 2.18. The van der Waals surface area contributed by atoms with Crippen LogP contribution >= 0.6 is 0 Å². The lowest BCUT2D eigenvalue weighted by molar-refractivity contribution is 0.0523. The van der Waals surface area contributed by atoms with E-state index in [4.69, 9.17) is 4.74 Å². The predicted molar refractivity (Wildman–Crippen MR) is 75.3 cm³/mol. The molecule has 0 amide bonds. The summed E-state index contributed by atoms with van der Waals surface area (Å²) in [5.74, 6) is 0.289. The zero-order valence-corrected chi connectivity index (χ0v) is 11.8. The Kier molecular flexibility index (Phi) is 4.40. The van der Waals surface area contributed by atoms with Gasteiger partial charge in [-0.05, 0) is 25.0 Å². The van der Waals surface area contributed by atoms with Crippen LogP contribution in [0.1, 0.15) is 42.7 Å². The van der Waals surface area contributed by atoms with Crippen LogP contribution in [0.3, 0.4) is 0 Å². The molecule has 0 saturated carbocycles. The Morgan fingerprint density at radius 1 is 1.35 bits per heavy atom. The van der Waals surface area contributed by atoms with Crippen LogP contribution in [0.25, 0.3) is 11.4 Å². The molecule has 0 bridgehead atoms. The summed E-state index contributed by atoms with van der Waals surface area (Å²) in [7, 11) is 0. The van der Waals surface area contributed by atoms with E-state index >= 15 is 0 Å². The molecule has 0 spiro atoms. The predicted octanol–water partition coefficient (Wildman–Crippen LogP) is 2.84. The Labute approximate surface area is 118 Å². The normalized spacial score (nSPS) is 10.6. The Bertz CT molecular complexity index is 597. The van der Waals surface area contributed by atoms with Crippen molar-refractivity contribution in [3.8, 4) is 11.4 Å². The number of carbonyl (C=O) groups excluding carboxylic acids is 1. The lowest BCUT2D eigenvalue weighted by atomic mass is 10.0. The topological polar surface area (TPSA) is 65.0 Å². The van der Waals surface area contributed by atoms with Gasteiger partial charge in [0.25, 0.3) is 0 Å². The molecule has 0 aliphatic rings. The number of pyridine rings is 1. The van der Waals surface area contributed by atoms with E-state index in [1.807, 2.05) is 26.0 Å². The molecule has 2 aromatic rings. The van der Waals surface area contributed by atoms with E-state index in [9.17, 15) is 4.79 Å².